The Morgan fingerprint density at radius 1 is 1.00 bits per heavy atom. The summed E-state index contributed by atoms with van der Waals surface area (Å²) in [7, 11) is 0. The predicted molar refractivity (Wildman–Crippen MR) is 51.8 cm³/mol. The first-order valence-corrected chi connectivity index (χ1v) is 5.81. The van der Waals surface area contributed by atoms with E-state index in [1.54, 1.807) is 0 Å². The molecular formula is C10H14Cl2. The van der Waals surface area contributed by atoms with Crippen LogP contribution in [-0.2, 0) is 0 Å². The summed E-state index contributed by atoms with van der Waals surface area (Å²) in [4.78, 5) is 0.169. The van der Waals surface area contributed by atoms with E-state index in [-0.39, 0.29) is 4.87 Å². The summed E-state index contributed by atoms with van der Waals surface area (Å²) in [5.74, 6) is 2.40. The molecule has 4 rings (SSSR count). The maximum absolute atomic E-state index is 6.54. The molecule has 0 nitrogen and oxygen atoms in total. The Labute approximate surface area is 83.6 Å². The molecule has 0 spiro atoms. The molecule has 0 radical (unpaired) electrons. The maximum Gasteiger partial charge on any atom is 0.0455 e. The fraction of sp³-hybridized carbons (Fsp3) is 1.00. The van der Waals surface area contributed by atoms with E-state index in [4.69, 9.17) is 23.2 Å². The third kappa shape index (κ3) is 0.974. The third-order valence-corrected chi connectivity index (χ3v) is 5.26. The molecule has 4 bridgehead atoms. The van der Waals surface area contributed by atoms with Crippen LogP contribution in [0.5, 0.6) is 0 Å². The van der Waals surface area contributed by atoms with Gasteiger partial charge in [-0.15, -0.1) is 23.2 Å². The van der Waals surface area contributed by atoms with Crippen LogP contribution in [0.25, 0.3) is 0 Å². The monoisotopic (exact) mass is 204 g/mol. The van der Waals surface area contributed by atoms with Crippen LogP contribution < -0.4 is 0 Å². The van der Waals surface area contributed by atoms with Gasteiger partial charge in [0.2, 0.25) is 0 Å². The van der Waals surface area contributed by atoms with E-state index >= 15 is 0 Å². The molecule has 2 heteroatoms. The third-order valence-electron chi connectivity index (χ3n) is 4.08. The van der Waals surface area contributed by atoms with E-state index < -0.39 is 0 Å². The van der Waals surface area contributed by atoms with Gasteiger partial charge in [0.25, 0.3) is 0 Å². The molecule has 4 saturated carbocycles. The molecule has 0 amide bonds. The molecule has 0 aromatic rings. The van der Waals surface area contributed by atoms with Crippen LogP contribution >= 0.6 is 23.2 Å². The van der Waals surface area contributed by atoms with Gasteiger partial charge in [0.1, 0.15) is 0 Å². The number of alkyl halides is 2. The van der Waals surface area contributed by atoms with E-state index in [9.17, 15) is 0 Å². The van der Waals surface area contributed by atoms with Gasteiger partial charge >= 0.3 is 0 Å². The predicted octanol–water partition coefficient (Wildman–Crippen LogP) is 3.41. The molecule has 0 saturated heterocycles. The van der Waals surface area contributed by atoms with Crippen molar-refractivity contribution in [3.05, 3.63) is 0 Å². The second-order valence-electron chi connectivity index (χ2n) is 5.07. The highest BCUT2D eigenvalue weighted by Gasteiger charge is 2.54. The summed E-state index contributed by atoms with van der Waals surface area (Å²) >= 11 is 12.9. The Kier molecular flexibility index (Phi) is 1.54. The zero-order valence-electron chi connectivity index (χ0n) is 7.10. The van der Waals surface area contributed by atoms with Crippen molar-refractivity contribution in [2.75, 3.05) is 0 Å². The minimum absolute atomic E-state index is 0.169. The van der Waals surface area contributed by atoms with Crippen LogP contribution in [0.15, 0.2) is 0 Å². The maximum atomic E-state index is 6.54. The normalized spacial score (nSPS) is 62.5. The molecule has 4 aliphatic rings. The van der Waals surface area contributed by atoms with Crippen LogP contribution in [0, 0.1) is 17.8 Å². The summed E-state index contributed by atoms with van der Waals surface area (Å²) in [6.45, 7) is 0. The van der Waals surface area contributed by atoms with Crippen LogP contribution in [0.4, 0.5) is 0 Å². The Hall–Kier alpha value is 0.580. The minimum Gasteiger partial charge on any atom is -0.122 e. The van der Waals surface area contributed by atoms with E-state index in [2.05, 4.69) is 0 Å². The molecule has 0 heterocycles. The van der Waals surface area contributed by atoms with E-state index in [1.165, 1.54) is 32.1 Å². The lowest BCUT2D eigenvalue weighted by molar-refractivity contribution is 0.0396. The van der Waals surface area contributed by atoms with Gasteiger partial charge in [-0.05, 0) is 49.9 Å². The molecule has 0 N–H and O–H groups in total. The van der Waals surface area contributed by atoms with Crippen molar-refractivity contribution in [3.8, 4) is 0 Å². The zero-order chi connectivity index (χ0) is 8.34. The largest absolute Gasteiger partial charge is 0.122 e. The number of halogens is 2. The van der Waals surface area contributed by atoms with Gasteiger partial charge in [0, 0.05) is 10.3 Å². The van der Waals surface area contributed by atoms with Crippen molar-refractivity contribution in [2.45, 2.75) is 42.4 Å². The summed E-state index contributed by atoms with van der Waals surface area (Å²) in [6, 6.07) is 0. The van der Waals surface area contributed by atoms with Crippen LogP contribution in [0.3, 0.4) is 0 Å². The molecule has 3 unspecified atom stereocenters. The highest BCUT2D eigenvalue weighted by atomic mass is 35.5. The molecule has 12 heavy (non-hydrogen) atoms. The SMILES string of the molecule is ClC1[C@@H]2CC3C[C@H]1CC(Cl)(C3)C2. The average molecular weight is 205 g/mol. The lowest BCUT2D eigenvalue weighted by atomic mass is 9.55. The fourth-order valence-corrected chi connectivity index (χ4v) is 4.86. The molecule has 5 atom stereocenters. The van der Waals surface area contributed by atoms with Crippen molar-refractivity contribution in [3.63, 3.8) is 0 Å². The Morgan fingerprint density at radius 3 is 2.08 bits per heavy atom. The standard InChI is InChI=1S/C10H14Cl2/c11-9-7-1-6-2-8(9)5-10(12,3-6)4-7/h6-9H,1-5H2/t6?,7-,8+,9?,10?. The summed E-state index contributed by atoms with van der Waals surface area (Å²) < 4.78 is 0. The van der Waals surface area contributed by atoms with Crippen molar-refractivity contribution in [1.29, 1.82) is 0 Å². The first-order valence-electron chi connectivity index (χ1n) is 4.99. The quantitative estimate of drug-likeness (QED) is 0.531. The second-order valence-corrected chi connectivity index (χ2v) is 6.37. The van der Waals surface area contributed by atoms with Gasteiger partial charge < -0.3 is 0 Å². The lowest BCUT2D eigenvalue weighted by Crippen LogP contribution is -2.52. The van der Waals surface area contributed by atoms with Crippen molar-refractivity contribution < 1.29 is 0 Å². The molecular weight excluding hydrogens is 191 g/mol. The Bertz CT molecular complexity index is 198. The summed E-state index contributed by atoms with van der Waals surface area (Å²) in [6.07, 6.45) is 6.37. The van der Waals surface area contributed by atoms with Crippen molar-refractivity contribution in [1.82, 2.24) is 0 Å². The topological polar surface area (TPSA) is 0 Å². The molecule has 0 aromatic carbocycles. The van der Waals surface area contributed by atoms with Gasteiger partial charge in [-0.1, -0.05) is 0 Å². The summed E-state index contributed by atoms with van der Waals surface area (Å²) in [5.41, 5.74) is 0. The van der Waals surface area contributed by atoms with Gasteiger partial charge in [-0.2, -0.15) is 0 Å². The fourth-order valence-electron chi connectivity index (χ4n) is 3.86. The zero-order valence-corrected chi connectivity index (χ0v) is 8.61. The molecule has 4 fully saturated rings. The van der Waals surface area contributed by atoms with Crippen LogP contribution in [-0.4, -0.2) is 10.3 Å². The van der Waals surface area contributed by atoms with Gasteiger partial charge in [-0.25, -0.2) is 0 Å². The number of hydrogen-bond acceptors (Lipinski definition) is 0. The highest BCUT2D eigenvalue weighted by molar-refractivity contribution is 6.25. The van der Waals surface area contributed by atoms with Crippen molar-refractivity contribution >= 4 is 23.2 Å². The Balaban J connectivity index is 1.95. The lowest BCUT2D eigenvalue weighted by Gasteiger charge is -2.56. The van der Waals surface area contributed by atoms with Crippen molar-refractivity contribution in [2.24, 2.45) is 17.8 Å². The first kappa shape index (κ1) is 7.94. The number of hydrogen-bond donors (Lipinski definition) is 0. The minimum atomic E-state index is 0.169. The number of rotatable bonds is 0. The molecule has 4 aliphatic carbocycles. The smallest absolute Gasteiger partial charge is 0.0455 e. The van der Waals surface area contributed by atoms with Gasteiger partial charge in [0.15, 0.2) is 0 Å². The molecule has 0 aliphatic heterocycles. The van der Waals surface area contributed by atoms with E-state index in [1.807, 2.05) is 0 Å². The van der Waals surface area contributed by atoms with Gasteiger partial charge in [0.05, 0.1) is 0 Å². The van der Waals surface area contributed by atoms with Crippen LogP contribution in [0.1, 0.15) is 32.1 Å². The molecule has 0 aromatic heterocycles. The average Bonchev–Trinajstić information content (AvgIpc) is 1.96. The summed E-state index contributed by atoms with van der Waals surface area (Å²) in [5, 5.41) is 0.452. The van der Waals surface area contributed by atoms with E-state index in [0.717, 1.165) is 17.8 Å². The first-order chi connectivity index (χ1) is 5.66. The van der Waals surface area contributed by atoms with Crippen LogP contribution in [0.2, 0.25) is 0 Å². The Morgan fingerprint density at radius 2 is 1.58 bits per heavy atom. The second kappa shape index (κ2) is 2.33. The van der Waals surface area contributed by atoms with Gasteiger partial charge in [-0.3, -0.25) is 0 Å². The molecule has 68 valence electrons. The highest BCUT2D eigenvalue weighted by Crippen LogP contribution is 2.59. The van der Waals surface area contributed by atoms with E-state index in [0.29, 0.717) is 5.38 Å².